The van der Waals surface area contributed by atoms with E-state index in [4.69, 9.17) is 4.20 Å². The summed E-state index contributed by atoms with van der Waals surface area (Å²) in [6, 6.07) is 0. The molecule has 0 amide bonds. The van der Waals surface area contributed by atoms with Crippen molar-refractivity contribution in [1.82, 2.24) is 0 Å². The molecule has 0 aromatic carbocycles. The second-order valence-corrected chi connectivity index (χ2v) is 4.70. The maximum atomic E-state index is 12.1. The molecule has 1 aromatic heterocycles. The van der Waals surface area contributed by atoms with Crippen LogP contribution in [0.4, 0.5) is 0 Å². The van der Waals surface area contributed by atoms with Crippen molar-refractivity contribution in [1.29, 1.82) is 0 Å². The van der Waals surface area contributed by atoms with Crippen molar-refractivity contribution in [2.45, 2.75) is 0 Å². The van der Waals surface area contributed by atoms with Crippen molar-refractivity contribution in [3.8, 4) is 0 Å². The molecule has 1 atom stereocenters. The van der Waals surface area contributed by atoms with Gasteiger partial charge in [-0.3, -0.25) is 0 Å². The predicted molar refractivity (Wildman–Crippen MR) is 85.0 cm³/mol. The highest BCUT2D eigenvalue weighted by molar-refractivity contribution is 7.31. The zero-order valence-corrected chi connectivity index (χ0v) is 11.6. The van der Waals surface area contributed by atoms with Crippen molar-refractivity contribution in [3.63, 3.8) is 0 Å². The Hall–Kier alpha value is -2.18. The van der Waals surface area contributed by atoms with E-state index >= 15 is 0 Å². The van der Waals surface area contributed by atoms with Crippen LogP contribution in [-0.2, 0) is 4.57 Å². The van der Waals surface area contributed by atoms with Crippen LogP contribution < -0.4 is 0 Å². The Morgan fingerprint density at radius 3 is 2.00 bits per heavy atom. The summed E-state index contributed by atoms with van der Waals surface area (Å²) < 4.78 is 17.5. The van der Waals surface area contributed by atoms with E-state index in [1.807, 2.05) is 0 Å². The molecule has 96 valence electrons. The number of allylic oxidation sites excluding steroid dienone is 4. The van der Waals surface area contributed by atoms with Gasteiger partial charge in [0.2, 0.25) is 5.30 Å². The lowest BCUT2D eigenvalue weighted by atomic mass is 10.1. The molecule has 0 aliphatic rings. The molecule has 1 heterocycles. The highest BCUT2D eigenvalue weighted by atomic mass is 31.1. The fourth-order valence-electron chi connectivity index (χ4n) is 1.57. The van der Waals surface area contributed by atoms with E-state index in [0.717, 1.165) is 11.1 Å². The molecule has 0 spiro atoms. The lowest BCUT2D eigenvalue weighted by Crippen LogP contribution is -1.88. The van der Waals surface area contributed by atoms with E-state index in [1.54, 1.807) is 48.6 Å². The highest BCUT2D eigenvalue weighted by Gasteiger charge is 2.21. The van der Waals surface area contributed by atoms with Crippen molar-refractivity contribution < 1.29 is 8.76 Å². The van der Waals surface area contributed by atoms with Gasteiger partial charge in [-0.1, -0.05) is 62.8 Å². The summed E-state index contributed by atoms with van der Waals surface area (Å²) in [6.45, 7) is 14.7. The Kier molecular flexibility index (Phi) is 5.72. The highest BCUT2D eigenvalue weighted by Crippen LogP contribution is 2.34. The second-order valence-electron chi connectivity index (χ2n) is 3.52. The molecule has 0 N–H and O–H groups in total. The van der Waals surface area contributed by atoms with Gasteiger partial charge in [-0.25, -0.2) is 4.20 Å². The summed E-state index contributed by atoms with van der Waals surface area (Å²) in [5.74, 6) is 0.502. The first-order chi connectivity index (χ1) is 9.19. The molecule has 0 bridgehead atoms. The molecule has 0 saturated carbocycles. The van der Waals surface area contributed by atoms with Gasteiger partial charge in [0.25, 0.3) is 0 Å². The monoisotopic (exact) mass is 271 g/mol. The van der Waals surface area contributed by atoms with Crippen molar-refractivity contribution in [3.05, 3.63) is 72.8 Å². The summed E-state index contributed by atoms with van der Waals surface area (Å²) in [7, 11) is -1.97. The largest absolute Gasteiger partial charge is 0.597 e. The third-order valence-electron chi connectivity index (χ3n) is 2.39. The summed E-state index contributed by atoms with van der Waals surface area (Å²) in [5.41, 5.74) is 1.51. The molecule has 1 aromatic rings. The second kappa shape index (κ2) is 7.30. The Bertz CT molecular complexity index is 631. The molecule has 19 heavy (non-hydrogen) atoms. The molecular weight excluding hydrogens is 255 g/mol. The molecule has 3 heteroatoms. The fourth-order valence-corrected chi connectivity index (χ4v) is 2.62. The minimum absolute atomic E-state index is 0.502. The van der Waals surface area contributed by atoms with E-state index in [2.05, 4.69) is 26.3 Å². The molecule has 1 unspecified atom stereocenters. The minimum Gasteiger partial charge on any atom is -0.250 e. The van der Waals surface area contributed by atoms with Crippen LogP contribution in [0, 0.1) is 0 Å². The molecule has 0 saturated heterocycles. The summed E-state index contributed by atoms with van der Waals surface area (Å²) in [5, 5.41) is 0.579. The predicted octanol–water partition coefficient (Wildman–Crippen LogP) is 5.71. The first-order valence-electron chi connectivity index (χ1n) is 5.66. The summed E-state index contributed by atoms with van der Waals surface area (Å²) >= 11 is 0. The van der Waals surface area contributed by atoms with Crippen molar-refractivity contribution in [2.24, 2.45) is 0 Å². The molecule has 0 fully saturated rings. The van der Waals surface area contributed by atoms with Crippen LogP contribution in [0.1, 0.15) is 22.2 Å². The molecule has 0 aliphatic heterocycles. The Morgan fingerprint density at radius 1 is 0.895 bits per heavy atom. The standard InChI is InChI=1S/C16H16O2P/c1-5-9-11-15-13(7-3)14(8-4)16(12-10-6-2)19(17)18-15/h5-12H,1-4H2/q+1/b11-9-,12-10-. The average molecular weight is 271 g/mol. The van der Waals surface area contributed by atoms with Crippen LogP contribution in [-0.4, -0.2) is 0 Å². The fraction of sp³-hybridized carbons (Fsp3) is 0. The van der Waals surface area contributed by atoms with Gasteiger partial charge in [-0.2, -0.15) is 0 Å². The average Bonchev–Trinajstić information content (AvgIpc) is 2.42. The third kappa shape index (κ3) is 3.40. The molecule has 1 rings (SSSR count). The topological polar surface area (TPSA) is 30.2 Å². The molecular formula is C16H16O2P+. The van der Waals surface area contributed by atoms with Crippen LogP contribution in [0.25, 0.3) is 24.3 Å². The normalized spacial score (nSPS) is 11.7. The minimum atomic E-state index is -1.97. The summed E-state index contributed by atoms with van der Waals surface area (Å²) in [6.07, 6.45) is 13.4. The number of hydrogen-bond acceptors (Lipinski definition) is 2. The SMILES string of the molecule is C=C/C=C\c1o[p+](=O)c(/C=C\C=C)c(C=C)c1C=C. The first kappa shape index (κ1) is 14.9. The van der Waals surface area contributed by atoms with Gasteiger partial charge in [0.15, 0.2) is 5.76 Å². The van der Waals surface area contributed by atoms with E-state index in [0.29, 0.717) is 11.1 Å². The third-order valence-corrected chi connectivity index (χ3v) is 3.54. The lowest BCUT2D eigenvalue weighted by Gasteiger charge is -2.00. The zero-order valence-electron chi connectivity index (χ0n) is 10.7. The van der Waals surface area contributed by atoms with Gasteiger partial charge in [0, 0.05) is 11.1 Å². The van der Waals surface area contributed by atoms with Crippen molar-refractivity contribution >= 4 is 32.0 Å². The van der Waals surface area contributed by atoms with E-state index < -0.39 is 7.65 Å². The Labute approximate surface area is 114 Å². The molecule has 0 radical (unpaired) electrons. The van der Waals surface area contributed by atoms with Crippen LogP contribution in [0.2, 0.25) is 0 Å². The van der Waals surface area contributed by atoms with E-state index in [1.165, 1.54) is 0 Å². The van der Waals surface area contributed by atoms with Gasteiger partial charge in [-0.15, -0.1) is 0 Å². The number of hydrogen-bond donors (Lipinski definition) is 0. The van der Waals surface area contributed by atoms with Gasteiger partial charge < -0.3 is 0 Å². The van der Waals surface area contributed by atoms with E-state index in [9.17, 15) is 4.57 Å². The Morgan fingerprint density at radius 2 is 1.47 bits per heavy atom. The Balaban J connectivity index is 3.67. The molecule has 2 nitrogen and oxygen atoms in total. The zero-order chi connectivity index (χ0) is 14.3. The van der Waals surface area contributed by atoms with Gasteiger partial charge in [-0.05, 0) is 16.7 Å². The first-order valence-corrected chi connectivity index (χ1v) is 6.84. The van der Waals surface area contributed by atoms with Gasteiger partial charge in [0.1, 0.15) is 0 Å². The van der Waals surface area contributed by atoms with Gasteiger partial charge in [0.05, 0.1) is 0 Å². The van der Waals surface area contributed by atoms with Crippen LogP contribution in [0.15, 0.2) is 54.8 Å². The maximum absolute atomic E-state index is 12.1. The van der Waals surface area contributed by atoms with Crippen LogP contribution in [0.5, 0.6) is 0 Å². The lowest BCUT2D eigenvalue weighted by molar-refractivity contribution is 0.544. The number of rotatable bonds is 6. The summed E-state index contributed by atoms with van der Waals surface area (Å²) in [4.78, 5) is 0. The molecule has 0 aliphatic carbocycles. The van der Waals surface area contributed by atoms with Crippen molar-refractivity contribution in [2.75, 3.05) is 0 Å². The van der Waals surface area contributed by atoms with E-state index in [-0.39, 0.29) is 0 Å². The maximum Gasteiger partial charge on any atom is 0.597 e. The quantitative estimate of drug-likeness (QED) is 0.620. The smallest absolute Gasteiger partial charge is 0.250 e. The van der Waals surface area contributed by atoms with Gasteiger partial charge >= 0.3 is 7.65 Å². The van der Waals surface area contributed by atoms with Crippen LogP contribution >= 0.6 is 7.65 Å². The van der Waals surface area contributed by atoms with Crippen LogP contribution in [0.3, 0.4) is 0 Å².